The molecule has 0 atom stereocenters. The van der Waals surface area contributed by atoms with Crippen molar-refractivity contribution in [2.75, 3.05) is 22.9 Å². The molecule has 0 unspecified atom stereocenters. The minimum absolute atomic E-state index is 0. The Morgan fingerprint density at radius 2 is 1.30 bits per heavy atom. The van der Waals surface area contributed by atoms with Gasteiger partial charge in [-0.05, 0) is 78.9 Å². The third-order valence-electron chi connectivity index (χ3n) is 9.21. The zero-order valence-electron chi connectivity index (χ0n) is 29.1. The Hall–Kier alpha value is -4.53. The predicted octanol–water partition coefficient (Wildman–Crippen LogP) is 8.84. The van der Waals surface area contributed by atoms with Gasteiger partial charge in [-0.2, -0.15) is 74.0 Å². The van der Waals surface area contributed by atoms with Gasteiger partial charge in [0.05, 0.1) is 5.69 Å². The molecular weight excluding hydrogens is 809 g/mol. The molecule has 7 nitrogen and oxygen atoms in total. The number of rotatable bonds is 8. The average Bonchev–Trinajstić information content (AvgIpc) is 3.69. The number of imidazole rings is 1. The van der Waals surface area contributed by atoms with Crippen LogP contribution in [0.25, 0.3) is 16.9 Å². The second-order valence-corrected chi connectivity index (χ2v) is 12.2. The molecule has 263 valence electrons. The van der Waals surface area contributed by atoms with Crippen molar-refractivity contribution in [1.29, 1.82) is 0 Å². The summed E-state index contributed by atoms with van der Waals surface area (Å²) < 4.78 is 28.6. The van der Waals surface area contributed by atoms with E-state index in [4.69, 9.17) is 0 Å². The molecule has 0 fully saturated rings. The summed E-state index contributed by atoms with van der Waals surface area (Å²) in [6, 6.07) is 27.4. The van der Waals surface area contributed by atoms with Crippen LogP contribution in [0.1, 0.15) is 51.9 Å². The molecule has 2 aliphatic heterocycles. The summed E-state index contributed by atoms with van der Waals surface area (Å²) in [5.41, 5.74) is 10.2. The number of hydrogen-bond donors (Lipinski definition) is 0. The number of anilines is 2. The summed E-state index contributed by atoms with van der Waals surface area (Å²) in [6.07, 6.45) is 5.60. The fourth-order valence-electron chi connectivity index (χ4n) is 5.97. The van der Waals surface area contributed by atoms with Gasteiger partial charge in [0, 0.05) is 66.9 Å². The van der Waals surface area contributed by atoms with Gasteiger partial charge in [-0.1, -0.05) is 11.6 Å². The van der Waals surface area contributed by atoms with Gasteiger partial charge < -0.3 is 24.0 Å². The van der Waals surface area contributed by atoms with E-state index in [1.165, 1.54) is 22.8 Å². The largest absolute Gasteiger partial charge is 0.505 e. The summed E-state index contributed by atoms with van der Waals surface area (Å²) in [5, 5.41) is 0. The monoisotopic (exact) mass is 849 g/mol. The predicted molar refractivity (Wildman–Crippen MR) is 190 cm³/mol. The van der Waals surface area contributed by atoms with Gasteiger partial charge in [-0.15, -0.1) is 23.5 Å². The van der Waals surface area contributed by atoms with Crippen LogP contribution in [0.5, 0.6) is 0 Å². The van der Waals surface area contributed by atoms with Gasteiger partial charge in [0.25, 0.3) is 0 Å². The number of hydrogen-bond acceptors (Lipinski definition) is 6. The van der Waals surface area contributed by atoms with E-state index in [1.807, 2.05) is 42.5 Å². The summed E-state index contributed by atoms with van der Waals surface area (Å²) in [6.45, 7) is 19.0. The Morgan fingerprint density at radius 1 is 0.740 bits per heavy atom. The van der Waals surface area contributed by atoms with Gasteiger partial charge in [0.2, 0.25) is 0 Å². The zero-order valence-corrected chi connectivity index (χ0v) is 31.5. The van der Waals surface area contributed by atoms with E-state index >= 15 is 0 Å². The van der Waals surface area contributed by atoms with E-state index < -0.39 is 11.6 Å². The number of halogens is 2. The number of allylic oxidation sites excluding steroid dienone is 4. The van der Waals surface area contributed by atoms with Crippen molar-refractivity contribution in [2.24, 2.45) is 0 Å². The number of benzene rings is 3. The molecule has 0 saturated carbocycles. The molecular formula is C40H40F2IrN7-5. The molecule has 4 heterocycles. The summed E-state index contributed by atoms with van der Waals surface area (Å²) >= 11 is 0. The molecule has 0 amide bonds. The van der Waals surface area contributed by atoms with Crippen molar-refractivity contribution in [2.45, 2.75) is 54.4 Å². The minimum atomic E-state index is -0.695. The van der Waals surface area contributed by atoms with Crippen LogP contribution in [0.4, 0.5) is 20.2 Å². The molecule has 0 N–H and O–H groups in total. The van der Waals surface area contributed by atoms with Crippen LogP contribution in [0.3, 0.4) is 0 Å². The van der Waals surface area contributed by atoms with E-state index in [2.05, 4.69) is 113 Å². The van der Waals surface area contributed by atoms with Crippen molar-refractivity contribution >= 4 is 17.0 Å². The molecule has 10 heteroatoms. The minimum Gasteiger partial charge on any atom is -0.505 e. The molecule has 50 heavy (non-hydrogen) atoms. The number of nitrogens with zero attached hydrogens (tertiary/aromatic N) is 7. The molecule has 0 spiro atoms. The second kappa shape index (κ2) is 16.0. The Kier molecular flexibility index (Phi) is 11.8. The number of aryl methyl sites for hydroxylation is 2. The molecule has 2 aliphatic rings. The average molecular weight is 849 g/mol. The van der Waals surface area contributed by atoms with E-state index in [0.717, 1.165) is 60.8 Å². The maximum atomic E-state index is 13.8. The standard InChI is InChI=1S/C26H30N4.C14H10F2N3.Ir/c1-21-23(3)29(25-13-7-5-8-14-25)19-27(21)17-11-12-18-28-20-30(24(4)22(28)2)26-15-9-6-10-16-26;1-8-9(2)19-6-5-17-13(14(19)18-8)11-4-3-10(15)7-12(11)16;/h5-10,13,15,19-20H,11-12,17-18H2,1-4H3;3,5-7H,1-2H3;/q-4;-1;. The van der Waals surface area contributed by atoms with E-state index in [0.29, 0.717) is 11.3 Å². The fourth-order valence-corrected chi connectivity index (χ4v) is 5.97. The Bertz CT molecular complexity index is 1910. The maximum Gasteiger partial charge on any atom is 0.120 e. The Balaban J connectivity index is 0.000000209. The first-order chi connectivity index (χ1) is 23.6. The van der Waals surface area contributed by atoms with E-state index in [1.54, 1.807) is 12.4 Å². The zero-order chi connectivity index (χ0) is 34.7. The molecule has 0 saturated heterocycles. The first-order valence-corrected chi connectivity index (χ1v) is 16.4. The van der Waals surface area contributed by atoms with Crippen molar-refractivity contribution in [3.63, 3.8) is 0 Å². The van der Waals surface area contributed by atoms with E-state index in [9.17, 15) is 8.78 Å². The molecule has 1 radical (unpaired) electrons. The van der Waals surface area contributed by atoms with Crippen LogP contribution in [-0.2, 0) is 20.1 Å². The number of aromatic nitrogens is 3. The van der Waals surface area contributed by atoms with Crippen LogP contribution < -0.4 is 9.80 Å². The van der Waals surface area contributed by atoms with Gasteiger partial charge in [0.1, 0.15) is 5.65 Å². The SMILES string of the molecule is CC1=C(C)N(c2[c-]cccc2)[CH-]N1CCCCN1[CH-]N(c2[c-]cccc2)C(C)=C1C.Cc1nc2c(-c3[c-]cc(F)cc3F)nccn2c1C.[Ir]. The topological polar surface area (TPSA) is 43.2 Å². The second-order valence-electron chi connectivity index (χ2n) is 12.2. The number of para-hydroxylation sites is 2. The molecule has 0 aliphatic carbocycles. The van der Waals surface area contributed by atoms with Crippen LogP contribution in [0.15, 0.2) is 95.8 Å². The molecule has 7 rings (SSSR count). The normalized spacial score (nSPS) is 14.5. The number of unbranched alkanes of at least 4 members (excludes halogenated alkanes) is 1. The first kappa shape index (κ1) is 36.7. The van der Waals surface area contributed by atoms with Gasteiger partial charge in [-0.3, -0.25) is 13.8 Å². The molecule has 5 aromatic rings. The quantitative estimate of drug-likeness (QED) is 0.115. The molecule has 3 aromatic carbocycles. The third kappa shape index (κ3) is 7.61. The number of fused-ring (bicyclic) bond motifs is 1. The maximum absolute atomic E-state index is 13.8. The third-order valence-corrected chi connectivity index (χ3v) is 9.21. The van der Waals surface area contributed by atoms with Gasteiger partial charge in [-0.25, -0.2) is 4.98 Å². The van der Waals surface area contributed by atoms with Crippen molar-refractivity contribution in [3.05, 3.63) is 150 Å². The summed E-state index contributed by atoms with van der Waals surface area (Å²) in [4.78, 5) is 17.7. The fraction of sp³-hybridized carbons (Fsp3) is 0.250. The van der Waals surface area contributed by atoms with Gasteiger partial charge in [0.15, 0.2) is 0 Å². The Labute approximate surface area is 307 Å². The van der Waals surface area contributed by atoms with Crippen molar-refractivity contribution < 1.29 is 28.9 Å². The first-order valence-electron chi connectivity index (χ1n) is 16.4. The summed E-state index contributed by atoms with van der Waals surface area (Å²) in [5.74, 6) is -1.36. The smallest absolute Gasteiger partial charge is 0.120 e. The summed E-state index contributed by atoms with van der Waals surface area (Å²) in [7, 11) is 0. The van der Waals surface area contributed by atoms with E-state index in [-0.39, 0.29) is 25.7 Å². The van der Waals surface area contributed by atoms with Crippen LogP contribution in [-0.4, -0.2) is 37.3 Å². The van der Waals surface area contributed by atoms with Crippen molar-refractivity contribution in [3.8, 4) is 11.3 Å². The van der Waals surface area contributed by atoms with Crippen molar-refractivity contribution in [1.82, 2.24) is 24.2 Å². The van der Waals surface area contributed by atoms with Crippen LogP contribution in [0, 0.1) is 57.0 Å². The van der Waals surface area contributed by atoms with Crippen LogP contribution >= 0.6 is 0 Å². The Morgan fingerprint density at radius 3 is 1.80 bits per heavy atom. The van der Waals surface area contributed by atoms with Crippen LogP contribution in [0.2, 0.25) is 0 Å². The molecule has 2 aromatic heterocycles. The van der Waals surface area contributed by atoms with Gasteiger partial charge >= 0.3 is 0 Å². The molecule has 0 bridgehead atoms.